The van der Waals surface area contributed by atoms with Crippen molar-refractivity contribution < 1.29 is 18.3 Å². The number of carbonyl (C=O) groups excluding carboxylic acids is 1. The lowest BCUT2D eigenvalue weighted by atomic mass is 9.96. The molecule has 1 saturated heterocycles. The number of hydrogen-bond donors (Lipinski definition) is 1. The summed E-state index contributed by atoms with van der Waals surface area (Å²) in [6, 6.07) is 3.64. The number of urea groups is 1. The lowest BCUT2D eigenvalue weighted by molar-refractivity contribution is 0.0651. The van der Waals surface area contributed by atoms with Gasteiger partial charge in [0.15, 0.2) is 5.82 Å². The molecule has 0 spiro atoms. The van der Waals surface area contributed by atoms with Crippen LogP contribution in [0.5, 0.6) is 0 Å². The Morgan fingerprint density at radius 2 is 1.95 bits per heavy atom. The van der Waals surface area contributed by atoms with Crippen molar-refractivity contribution in [2.45, 2.75) is 51.6 Å². The zero-order valence-corrected chi connectivity index (χ0v) is 22.0. The molecule has 0 aliphatic carbocycles. The molecule has 9 nitrogen and oxygen atoms in total. The molecular weight excluding hydrogens is 492 g/mol. The van der Waals surface area contributed by atoms with Crippen molar-refractivity contribution in [3.8, 4) is 11.1 Å². The van der Waals surface area contributed by atoms with E-state index < -0.39 is 6.43 Å². The number of ether oxygens (including phenoxy) is 1. The summed E-state index contributed by atoms with van der Waals surface area (Å²) in [6.07, 6.45) is 2.22. The number of hydrogen-bond acceptors (Lipinski definition) is 5. The van der Waals surface area contributed by atoms with Crippen LogP contribution in [-0.4, -0.2) is 63.8 Å². The lowest BCUT2D eigenvalue weighted by Crippen LogP contribution is -2.41. The van der Waals surface area contributed by atoms with E-state index in [-0.39, 0.29) is 17.6 Å². The Balaban J connectivity index is 1.45. The highest BCUT2D eigenvalue weighted by molar-refractivity contribution is 5.79. The van der Waals surface area contributed by atoms with E-state index in [1.165, 1.54) is 0 Å². The number of carbonyl (C=O) groups is 1. The van der Waals surface area contributed by atoms with Gasteiger partial charge in [0.2, 0.25) is 0 Å². The lowest BCUT2D eigenvalue weighted by Gasteiger charge is -2.30. The van der Waals surface area contributed by atoms with Crippen LogP contribution in [0.15, 0.2) is 18.3 Å². The number of aryl methyl sites for hydroxylation is 1. The Morgan fingerprint density at radius 1 is 1.16 bits per heavy atom. The molecule has 1 fully saturated rings. The number of nitrogens with one attached hydrogen (secondary N) is 1. The molecule has 2 aromatic heterocycles. The van der Waals surface area contributed by atoms with E-state index in [0.717, 1.165) is 58.8 Å². The summed E-state index contributed by atoms with van der Waals surface area (Å²) in [5, 5.41) is 12.1. The van der Waals surface area contributed by atoms with Gasteiger partial charge < -0.3 is 19.9 Å². The van der Waals surface area contributed by atoms with Gasteiger partial charge >= 0.3 is 6.03 Å². The van der Waals surface area contributed by atoms with Gasteiger partial charge in [-0.25, -0.2) is 13.6 Å². The topological polar surface area (TPSA) is 80.5 Å². The summed E-state index contributed by atoms with van der Waals surface area (Å²) in [7, 11) is 3.45. The van der Waals surface area contributed by atoms with Crippen molar-refractivity contribution in [3.63, 3.8) is 0 Å². The molecular formula is C27H33F2N7O2. The Morgan fingerprint density at radius 3 is 2.63 bits per heavy atom. The highest BCUT2D eigenvalue weighted by Crippen LogP contribution is 2.44. The fraction of sp³-hybridized carbons (Fsp3) is 0.519. The molecule has 2 amide bonds. The summed E-state index contributed by atoms with van der Waals surface area (Å²) in [5.74, 6) is 0.768. The van der Waals surface area contributed by atoms with E-state index >= 15 is 0 Å². The fourth-order valence-electron chi connectivity index (χ4n) is 6.06. The maximum atomic E-state index is 14.4. The van der Waals surface area contributed by atoms with Gasteiger partial charge in [0.25, 0.3) is 6.43 Å². The van der Waals surface area contributed by atoms with Gasteiger partial charge in [-0.3, -0.25) is 9.36 Å². The molecule has 3 aliphatic rings. The van der Waals surface area contributed by atoms with E-state index in [1.807, 2.05) is 20.0 Å². The van der Waals surface area contributed by atoms with E-state index in [1.54, 1.807) is 28.9 Å². The predicted molar refractivity (Wildman–Crippen MR) is 139 cm³/mol. The molecule has 1 N–H and O–H groups in total. The van der Waals surface area contributed by atoms with Gasteiger partial charge in [-0.1, -0.05) is 0 Å². The maximum absolute atomic E-state index is 14.4. The average molecular weight is 526 g/mol. The number of halogens is 2. The third-order valence-corrected chi connectivity index (χ3v) is 8.27. The van der Waals surface area contributed by atoms with E-state index in [2.05, 4.69) is 20.0 Å². The molecule has 11 heteroatoms. The van der Waals surface area contributed by atoms with Crippen LogP contribution in [0.25, 0.3) is 11.1 Å². The molecule has 6 rings (SSSR count). The van der Waals surface area contributed by atoms with Crippen LogP contribution < -0.4 is 10.2 Å². The van der Waals surface area contributed by atoms with E-state index in [9.17, 15) is 13.6 Å². The highest BCUT2D eigenvalue weighted by Gasteiger charge is 2.35. The largest absolute Gasteiger partial charge is 0.381 e. The standard InChI is InChI=1S/C27H33F2N7O2/c1-16-21(14-31-33(16)3)19-12-17-4-9-35(24(17)13-20(19)25(28)29)26-22-15-34(27(37)30-2)8-5-23(22)36(32-26)18-6-10-38-11-7-18/h12-14,18,25H,4-11,15H2,1-3H3,(H,30,37). The van der Waals surface area contributed by atoms with E-state index in [4.69, 9.17) is 9.84 Å². The van der Waals surface area contributed by atoms with Crippen LogP contribution in [-0.2, 0) is 31.2 Å². The zero-order chi connectivity index (χ0) is 26.6. The number of alkyl halides is 2. The second-order valence-electron chi connectivity index (χ2n) is 10.3. The first kappa shape index (κ1) is 24.8. The minimum atomic E-state index is -2.63. The third-order valence-electron chi connectivity index (χ3n) is 8.27. The molecule has 38 heavy (non-hydrogen) atoms. The van der Waals surface area contributed by atoms with Gasteiger partial charge in [-0.05, 0) is 49.4 Å². The quantitative estimate of drug-likeness (QED) is 0.550. The van der Waals surface area contributed by atoms with Gasteiger partial charge in [0.1, 0.15) is 0 Å². The summed E-state index contributed by atoms with van der Waals surface area (Å²) in [5.41, 5.74) is 6.03. The Hall–Kier alpha value is -3.47. The first-order valence-electron chi connectivity index (χ1n) is 13.2. The summed E-state index contributed by atoms with van der Waals surface area (Å²) >= 11 is 0. The predicted octanol–water partition coefficient (Wildman–Crippen LogP) is 4.27. The average Bonchev–Trinajstić information content (AvgIpc) is 3.62. The van der Waals surface area contributed by atoms with Crippen molar-refractivity contribution in [1.29, 1.82) is 0 Å². The number of nitrogens with zero attached hydrogens (tertiary/aromatic N) is 6. The van der Waals surface area contributed by atoms with Crippen molar-refractivity contribution in [3.05, 3.63) is 46.4 Å². The number of aromatic nitrogens is 4. The number of rotatable bonds is 4. The second kappa shape index (κ2) is 9.68. The van der Waals surface area contributed by atoms with Crippen LogP contribution in [0.4, 0.5) is 25.1 Å². The second-order valence-corrected chi connectivity index (χ2v) is 10.3. The van der Waals surface area contributed by atoms with Crippen molar-refractivity contribution >= 4 is 17.5 Å². The number of benzene rings is 1. The minimum Gasteiger partial charge on any atom is -0.381 e. The van der Waals surface area contributed by atoms with Gasteiger partial charge in [-0.15, -0.1) is 0 Å². The summed E-state index contributed by atoms with van der Waals surface area (Å²) in [6.45, 7) is 4.98. The Labute approximate surface area is 220 Å². The van der Waals surface area contributed by atoms with Gasteiger partial charge in [-0.2, -0.15) is 10.2 Å². The molecule has 0 bridgehead atoms. The van der Waals surface area contributed by atoms with Crippen molar-refractivity contribution in [2.24, 2.45) is 7.05 Å². The van der Waals surface area contributed by atoms with Crippen LogP contribution in [0.1, 0.15) is 53.4 Å². The first-order chi connectivity index (χ1) is 18.4. The van der Waals surface area contributed by atoms with E-state index in [0.29, 0.717) is 44.8 Å². The summed E-state index contributed by atoms with van der Waals surface area (Å²) < 4.78 is 38.3. The molecule has 3 aromatic rings. The Bertz CT molecular complexity index is 1380. The minimum absolute atomic E-state index is 0.00327. The smallest absolute Gasteiger partial charge is 0.317 e. The molecule has 0 unspecified atom stereocenters. The van der Waals surface area contributed by atoms with Crippen LogP contribution in [0.2, 0.25) is 0 Å². The first-order valence-corrected chi connectivity index (χ1v) is 13.2. The molecule has 1 aromatic carbocycles. The molecule has 202 valence electrons. The van der Waals surface area contributed by atoms with Crippen LogP contribution >= 0.6 is 0 Å². The number of fused-ring (bicyclic) bond motifs is 2. The van der Waals surface area contributed by atoms with Crippen LogP contribution in [0, 0.1) is 6.92 Å². The summed E-state index contributed by atoms with van der Waals surface area (Å²) in [4.78, 5) is 16.4. The van der Waals surface area contributed by atoms with Gasteiger partial charge in [0, 0.05) is 80.6 Å². The SMILES string of the molecule is CNC(=O)N1CCc2c(c(N3CCc4cc(-c5cnn(C)c5C)c(C(F)F)cc43)nn2C2CCOCC2)C1. The highest BCUT2D eigenvalue weighted by atomic mass is 19.3. The zero-order valence-electron chi connectivity index (χ0n) is 22.0. The van der Waals surface area contributed by atoms with Crippen molar-refractivity contribution in [2.75, 3.05) is 38.3 Å². The normalized spacial score (nSPS) is 17.7. The fourth-order valence-corrected chi connectivity index (χ4v) is 6.06. The molecule has 0 saturated carbocycles. The third kappa shape index (κ3) is 4.03. The number of anilines is 2. The molecule has 0 atom stereocenters. The maximum Gasteiger partial charge on any atom is 0.317 e. The monoisotopic (exact) mass is 525 g/mol. The molecule has 0 radical (unpaired) electrons. The van der Waals surface area contributed by atoms with Gasteiger partial charge in [0.05, 0.1) is 18.8 Å². The molecule has 5 heterocycles. The Kier molecular flexibility index (Phi) is 6.33. The molecule has 3 aliphatic heterocycles. The van der Waals surface area contributed by atoms with Crippen molar-refractivity contribution in [1.82, 2.24) is 29.8 Å². The van der Waals surface area contributed by atoms with Crippen LogP contribution in [0.3, 0.4) is 0 Å². The number of amides is 2.